The minimum absolute atomic E-state index is 0.264. The second-order valence-electron chi connectivity index (χ2n) is 6.25. The Morgan fingerprint density at radius 2 is 1.60 bits per heavy atom. The molecule has 1 N–H and O–H groups in total. The fourth-order valence-electron chi connectivity index (χ4n) is 2.86. The zero-order valence-corrected chi connectivity index (χ0v) is 17.0. The summed E-state index contributed by atoms with van der Waals surface area (Å²) < 4.78 is 31.9. The fraction of sp³-hybridized carbons (Fsp3) is 0.333. The number of carbonyl (C=O) groups excluding carboxylic acids is 2. The van der Waals surface area contributed by atoms with Crippen molar-refractivity contribution in [2.45, 2.75) is 6.42 Å². The van der Waals surface area contributed by atoms with Crippen molar-refractivity contribution in [3.05, 3.63) is 35.9 Å². The molecular formula is C21H23NO8. The number of carbonyl (C=O) groups is 2. The number of rotatable bonds is 7. The van der Waals surface area contributed by atoms with Crippen molar-refractivity contribution in [3.8, 4) is 28.7 Å². The van der Waals surface area contributed by atoms with E-state index >= 15 is 0 Å². The van der Waals surface area contributed by atoms with Crippen molar-refractivity contribution >= 4 is 17.6 Å². The lowest BCUT2D eigenvalue weighted by atomic mass is 10.2. The molecule has 1 amide bonds. The fourth-order valence-corrected chi connectivity index (χ4v) is 2.86. The molecule has 0 bridgehead atoms. The first-order chi connectivity index (χ1) is 14.5. The molecule has 1 heterocycles. The lowest BCUT2D eigenvalue weighted by Crippen LogP contribution is -2.21. The molecule has 0 saturated carbocycles. The Morgan fingerprint density at radius 3 is 2.23 bits per heavy atom. The van der Waals surface area contributed by atoms with Crippen LogP contribution in [0.3, 0.4) is 0 Å². The number of anilines is 1. The molecule has 1 aliphatic rings. The van der Waals surface area contributed by atoms with Gasteiger partial charge in [-0.25, -0.2) is 4.79 Å². The molecule has 30 heavy (non-hydrogen) atoms. The van der Waals surface area contributed by atoms with Gasteiger partial charge in [0.2, 0.25) is 5.75 Å². The van der Waals surface area contributed by atoms with E-state index in [4.69, 9.17) is 28.4 Å². The van der Waals surface area contributed by atoms with Crippen molar-refractivity contribution in [3.63, 3.8) is 0 Å². The summed E-state index contributed by atoms with van der Waals surface area (Å²) in [5, 5.41) is 2.63. The van der Waals surface area contributed by atoms with E-state index in [-0.39, 0.29) is 5.56 Å². The van der Waals surface area contributed by atoms with Gasteiger partial charge in [-0.05, 0) is 18.2 Å². The Labute approximate surface area is 173 Å². The van der Waals surface area contributed by atoms with Gasteiger partial charge in [-0.15, -0.1) is 0 Å². The molecule has 0 radical (unpaired) electrons. The summed E-state index contributed by atoms with van der Waals surface area (Å²) in [4.78, 5) is 24.5. The molecule has 0 saturated heterocycles. The maximum atomic E-state index is 12.3. The predicted octanol–water partition coefficient (Wildman–Crippen LogP) is 2.67. The minimum Gasteiger partial charge on any atom is -0.493 e. The Kier molecular flexibility index (Phi) is 6.84. The van der Waals surface area contributed by atoms with E-state index in [0.29, 0.717) is 47.6 Å². The number of nitrogens with one attached hydrogen (secondary N) is 1. The van der Waals surface area contributed by atoms with Gasteiger partial charge >= 0.3 is 5.97 Å². The van der Waals surface area contributed by atoms with Crippen LogP contribution in [0.1, 0.15) is 16.8 Å². The third-order valence-corrected chi connectivity index (χ3v) is 4.27. The third-order valence-electron chi connectivity index (χ3n) is 4.27. The van der Waals surface area contributed by atoms with Crippen LogP contribution in [0.5, 0.6) is 28.7 Å². The van der Waals surface area contributed by atoms with Gasteiger partial charge in [-0.3, -0.25) is 4.79 Å². The Bertz CT molecular complexity index is 902. The van der Waals surface area contributed by atoms with Gasteiger partial charge in [0.15, 0.2) is 29.6 Å². The molecule has 9 nitrogen and oxygen atoms in total. The van der Waals surface area contributed by atoms with Gasteiger partial charge in [-0.2, -0.15) is 0 Å². The lowest BCUT2D eigenvalue weighted by molar-refractivity contribution is -0.119. The molecular weight excluding hydrogens is 394 g/mol. The maximum Gasteiger partial charge on any atom is 0.338 e. The van der Waals surface area contributed by atoms with Gasteiger partial charge in [-0.1, -0.05) is 0 Å². The number of amides is 1. The summed E-state index contributed by atoms with van der Waals surface area (Å²) in [7, 11) is 4.43. The summed E-state index contributed by atoms with van der Waals surface area (Å²) >= 11 is 0. The summed E-state index contributed by atoms with van der Waals surface area (Å²) in [6, 6.07) is 7.90. The summed E-state index contributed by atoms with van der Waals surface area (Å²) in [6.45, 7) is 0.588. The van der Waals surface area contributed by atoms with E-state index in [9.17, 15) is 9.59 Å². The largest absolute Gasteiger partial charge is 0.493 e. The normalized spacial score (nSPS) is 12.4. The zero-order chi connectivity index (χ0) is 21.5. The van der Waals surface area contributed by atoms with Crippen LogP contribution < -0.4 is 29.0 Å². The number of benzene rings is 2. The molecule has 1 aliphatic heterocycles. The highest BCUT2D eigenvalue weighted by Crippen LogP contribution is 2.39. The van der Waals surface area contributed by atoms with Crippen molar-refractivity contribution in [2.24, 2.45) is 0 Å². The smallest absolute Gasteiger partial charge is 0.338 e. The number of esters is 1. The molecule has 0 aromatic heterocycles. The quantitative estimate of drug-likeness (QED) is 0.686. The molecule has 160 valence electrons. The summed E-state index contributed by atoms with van der Waals surface area (Å²) in [5.41, 5.74) is 0.668. The first-order valence-corrected chi connectivity index (χ1v) is 9.22. The highest BCUT2D eigenvalue weighted by molar-refractivity contribution is 5.96. The van der Waals surface area contributed by atoms with E-state index in [1.165, 1.54) is 21.3 Å². The minimum atomic E-state index is -0.648. The summed E-state index contributed by atoms with van der Waals surface area (Å²) in [6.07, 6.45) is 0.759. The molecule has 0 unspecified atom stereocenters. The van der Waals surface area contributed by atoms with Crippen molar-refractivity contribution in [1.29, 1.82) is 0 Å². The van der Waals surface area contributed by atoms with Crippen LogP contribution in [-0.4, -0.2) is 53.0 Å². The lowest BCUT2D eigenvalue weighted by Gasteiger charge is -2.14. The molecule has 0 aliphatic carbocycles. The van der Waals surface area contributed by atoms with Crippen molar-refractivity contribution < 1.29 is 38.0 Å². The highest BCUT2D eigenvalue weighted by Gasteiger charge is 2.17. The van der Waals surface area contributed by atoms with Crippen LogP contribution in [0.2, 0.25) is 0 Å². The third kappa shape index (κ3) is 4.86. The Hall–Kier alpha value is -3.62. The van der Waals surface area contributed by atoms with Crippen LogP contribution in [0.25, 0.3) is 0 Å². The SMILES string of the molecule is COc1cc(NC(=O)COC(=O)c2ccc3c(c2)OCCCO3)cc(OC)c1OC. The van der Waals surface area contributed by atoms with Gasteiger partial charge in [0, 0.05) is 24.2 Å². The molecule has 0 fully saturated rings. The Morgan fingerprint density at radius 1 is 0.933 bits per heavy atom. The molecule has 3 rings (SSSR count). The molecule has 9 heteroatoms. The van der Waals surface area contributed by atoms with Crippen LogP contribution in [0.15, 0.2) is 30.3 Å². The number of hydrogen-bond acceptors (Lipinski definition) is 8. The topological polar surface area (TPSA) is 102 Å². The van der Waals surface area contributed by atoms with Crippen LogP contribution in [-0.2, 0) is 9.53 Å². The average molecular weight is 417 g/mol. The number of fused-ring (bicyclic) bond motifs is 1. The van der Waals surface area contributed by atoms with Gasteiger partial charge in [0.1, 0.15) is 0 Å². The van der Waals surface area contributed by atoms with Gasteiger partial charge in [0.05, 0.1) is 40.1 Å². The molecule has 0 atom stereocenters. The van der Waals surface area contributed by atoms with Gasteiger partial charge < -0.3 is 33.7 Å². The first-order valence-electron chi connectivity index (χ1n) is 9.22. The van der Waals surface area contributed by atoms with Crippen LogP contribution in [0.4, 0.5) is 5.69 Å². The number of hydrogen-bond donors (Lipinski definition) is 1. The average Bonchev–Trinajstić information content (AvgIpc) is 3.01. The maximum absolute atomic E-state index is 12.3. The van der Waals surface area contributed by atoms with E-state index in [0.717, 1.165) is 6.42 Å². The molecule has 0 spiro atoms. The molecule has 2 aromatic carbocycles. The second-order valence-corrected chi connectivity index (χ2v) is 6.25. The molecule has 2 aromatic rings. The monoisotopic (exact) mass is 417 g/mol. The standard InChI is InChI=1S/C21H23NO8/c1-25-17-10-14(11-18(26-2)20(17)27-3)22-19(23)12-30-21(24)13-5-6-15-16(9-13)29-8-4-7-28-15/h5-6,9-11H,4,7-8,12H2,1-3H3,(H,22,23). The number of ether oxygens (including phenoxy) is 6. The van der Waals surface area contributed by atoms with E-state index in [1.807, 2.05) is 0 Å². The van der Waals surface area contributed by atoms with Crippen LogP contribution in [0, 0.1) is 0 Å². The van der Waals surface area contributed by atoms with Crippen molar-refractivity contribution in [2.75, 3.05) is 46.5 Å². The predicted molar refractivity (Wildman–Crippen MR) is 107 cm³/mol. The van der Waals surface area contributed by atoms with E-state index < -0.39 is 18.5 Å². The number of methoxy groups -OCH3 is 3. The zero-order valence-electron chi connectivity index (χ0n) is 17.0. The Balaban J connectivity index is 1.62. The second kappa shape index (κ2) is 9.73. The summed E-state index contributed by atoms with van der Waals surface area (Å²) in [5.74, 6) is 1.05. The van der Waals surface area contributed by atoms with Gasteiger partial charge in [0.25, 0.3) is 5.91 Å². The first kappa shape index (κ1) is 21.1. The highest BCUT2D eigenvalue weighted by atomic mass is 16.5. The van der Waals surface area contributed by atoms with Crippen molar-refractivity contribution in [1.82, 2.24) is 0 Å². The van der Waals surface area contributed by atoms with E-state index in [2.05, 4.69) is 5.32 Å². The van der Waals surface area contributed by atoms with E-state index in [1.54, 1.807) is 30.3 Å². The van der Waals surface area contributed by atoms with Crippen LogP contribution >= 0.6 is 0 Å².